The van der Waals surface area contributed by atoms with Crippen LogP contribution in [0.2, 0.25) is 10.3 Å². The van der Waals surface area contributed by atoms with Crippen LogP contribution in [0.25, 0.3) is 0 Å². The van der Waals surface area contributed by atoms with Crippen molar-refractivity contribution >= 4 is 40.9 Å². The number of hydrogen-bond donors (Lipinski definition) is 2. The number of halogens is 2. The predicted molar refractivity (Wildman–Crippen MR) is 179 cm³/mol. The highest BCUT2D eigenvalue weighted by molar-refractivity contribution is 6.29. The van der Waals surface area contributed by atoms with Gasteiger partial charge in [0.05, 0.1) is 0 Å². The lowest BCUT2D eigenvalue weighted by molar-refractivity contribution is 0.0280. The smallest absolute Gasteiger partial charge is 0.410 e. The van der Waals surface area contributed by atoms with Crippen molar-refractivity contribution < 1.29 is 17.0 Å². The van der Waals surface area contributed by atoms with E-state index in [2.05, 4.69) is 35.9 Å². The number of nitrogens with zero attached hydrogens (tertiary/aromatic N) is 6. The van der Waals surface area contributed by atoms with Crippen molar-refractivity contribution in [3.05, 3.63) is 34.6 Å². The number of carbonyl (C=O) groups excluding carboxylic acids is 1. The summed E-state index contributed by atoms with van der Waals surface area (Å²) >= 11 is 11.5. The van der Waals surface area contributed by atoms with Crippen LogP contribution in [0, 0.1) is 29.6 Å². The molecule has 252 valence electrons. The first-order chi connectivity index (χ1) is 22.8. The fourth-order valence-electron chi connectivity index (χ4n) is 7.71. The molecular weight excluding hydrogens is 627 g/mol. The zero-order valence-electron chi connectivity index (χ0n) is 29.0. The summed E-state index contributed by atoms with van der Waals surface area (Å²) in [6, 6.07) is 7.95. The summed E-state index contributed by atoms with van der Waals surface area (Å²) < 4.78 is 28.1. The van der Waals surface area contributed by atoms with Crippen molar-refractivity contribution in [1.29, 1.82) is 0 Å². The molecule has 1 amide bonds. The van der Waals surface area contributed by atoms with Gasteiger partial charge in [-0.05, 0) is 113 Å². The third-order valence-electron chi connectivity index (χ3n) is 9.71. The largest absolute Gasteiger partial charge is 0.444 e. The zero-order chi connectivity index (χ0) is 34.1. The molecule has 2 saturated carbocycles. The molecule has 2 aromatic heterocycles. The standard InChI is InChI=1S/C17H25ClN4O.C16H23ClN4O2/c18-16-1-2-17(21-20-16)19-15-7-13-10-22(11-14(13)8-15)9-12-3-5-23-6-4-12;1-16(2,3)23-15(22)21-8-10-6-12(7-11(10)9-21)18-14-5-4-13(17)19-20-14/h1-2,12-15H,3-11H2,(H,19,21);4-5,10-12H,6-9H2,1-3H3,(H,18,20)/t13-,14+,15?;10-,11+,12?/i9D2;. The van der Waals surface area contributed by atoms with E-state index in [9.17, 15) is 4.79 Å². The molecule has 13 heteroatoms. The Morgan fingerprint density at radius 1 is 0.848 bits per heavy atom. The van der Waals surface area contributed by atoms with Crippen molar-refractivity contribution in [1.82, 2.24) is 30.2 Å². The van der Waals surface area contributed by atoms with Gasteiger partial charge in [-0.25, -0.2) is 4.79 Å². The van der Waals surface area contributed by atoms with Crippen LogP contribution >= 0.6 is 23.2 Å². The Bertz CT molecular complexity index is 1350. The average Bonchev–Trinajstić information content (AvgIpc) is 3.80. The molecule has 0 aromatic carbocycles. The monoisotopic (exact) mass is 676 g/mol. The Morgan fingerprint density at radius 3 is 1.76 bits per heavy atom. The minimum absolute atomic E-state index is 0.0957. The number of nitrogens with one attached hydrogen (secondary N) is 2. The second-order valence-corrected chi connectivity index (χ2v) is 15.2. The van der Waals surface area contributed by atoms with Crippen LogP contribution in [-0.2, 0) is 9.47 Å². The van der Waals surface area contributed by atoms with E-state index in [0.29, 0.717) is 59.3 Å². The van der Waals surface area contributed by atoms with Gasteiger partial charge in [-0.3, -0.25) is 0 Å². The summed E-state index contributed by atoms with van der Waals surface area (Å²) in [6.07, 6.45) is 5.67. The van der Waals surface area contributed by atoms with Gasteiger partial charge in [-0.2, -0.15) is 0 Å². The number of aromatic nitrogens is 4. The first kappa shape index (κ1) is 30.8. The Balaban J connectivity index is 0.000000168. The first-order valence-corrected chi connectivity index (χ1v) is 17.4. The normalized spacial score (nSPS) is 30.5. The van der Waals surface area contributed by atoms with Crippen LogP contribution in [0.3, 0.4) is 0 Å². The maximum absolute atomic E-state index is 12.2. The maximum Gasteiger partial charge on any atom is 0.410 e. The number of anilines is 2. The van der Waals surface area contributed by atoms with Gasteiger partial charge in [-0.15, -0.1) is 20.4 Å². The van der Waals surface area contributed by atoms with Crippen LogP contribution in [-0.4, -0.2) is 99.9 Å². The van der Waals surface area contributed by atoms with Gasteiger partial charge in [0, 0.05) is 60.7 Å². The van der Waals surface area contributed by atoms with E-state index >= 15 is 0 Å². The Kier molecular flexibility index (Phi) is 9.89. The first-order valence-electron chi connectivity index (χ1n) is 17.6. The molecule has 0 spiro atoms. The van der Waals surface area contributed by atoms with Gasteiger partial charge < -0.3 is 29.9 Å². The lowest BCUT2D eigenvalue weighted by atomic mass is 10.00. The van der Waals surface area contributed by atoms with Crippen molar-refractivity contribution in [2.75, 3.05) is 56.5 Å². The predicted octanol–water partition coefficient (Wildman–Crippen LogP) is 5.87. The topological polar surface area (TPSA) is 118 Å². The Labute approximate surface area is 285 Å². The Morgan fingerprint density at radius 2 is 1.33 bits per heavy atom. The zero-order valence-corrected chi connectivity index (χ0v) is 28.5. The van der Waals surface area contributed by atoms with E-state index in [-0.39, 0.29) is 12.0 Å². The molecule has 3 aliphatic heterocycles. The highest BCUT2D eigenvalue weighted by atomic mass is 35.5. The molecule has 3 saturated heterocycles. The van der Waals surface area contributed by atoms with Crippen LogP contribution in [0.1, 0.15) is 62.0 Å². The van der Waals surface area contributed by atoms with Gasteiger partial charge in [0.25, 0.3) is 0 Å². The summed E-state index contributed by atoms with van der Waals surface area (Å²) in [5.41, 5.74) is -0.438. The van der Waals surface area contributed by atoms with Gasteiger partial charge in [0.1, 0.15) is 17.2 Å². The summed E-state index contributed by atoms with van der Waals surface area (Å²) in [6.45, 7) is 9.16. The molecule has 0 radical (unpaired) electrons. The van der Waals surface area contributed by atoms with Gasteiger partial charge in [-0.1, -0.05) is 23.2 Å². The van der Waals surface area contributed by atoms with Gasteiger partial charge in [0.2, 0.25) is 0 Å². The quantitative estimate of drug-likeness (QED) is 0.385. The van der Waals surface area contributed by atoms with Crippen LogP contribution < -0.4 is 10.6 Å². The van der Waals surface area contributed by atoms with E-state index < -0.39 is 12.1 Å². The summed E-state index contributed by atoms with van der Waals surface area (Å²) in [5, 5.41) is 23.5. The van der Waals surface area contributed by atoms with Crippen molar-refractivity contribution in [2.45, 2.75) is 77.0 Å². The lowest BCUT2D eigenvalue weighted by Crippen LogP contribution is -2.36. The molecule has 7 rings (SSSR count). The molecule has 2 aromatic rings. The fourth-order valence-corrected chi connectivity index (χ4v) is 7.91. The second kappa shape index (κ2) is 14.7. The molecule has 2 N–H and O–H groups in total. The lowest BCUT2D eigenvalue weighted by Gasteiger charge is -2.27. The van der Waals surface area contributed by atoms with E-state index in [4.69, 9.17) is 35.4 Å². The number of likely N-dealkylation sites (tertiary alicyclic amines) is 2. The molecule has 5 aliphatic rings. The minimum Gasteiger partial charge on any atom is -0.444 e. The summed E-state index contributed by atoms with van der Waals surface area (Å²) in [5.74, 6) is 3.80. The number of hydrogen-bond acceptors (Lipinski definition) is 10. The van der Waals surface area contributed by atoms with Gasteiger partial charge in [0.15, 0.2) is 10.3 Å². The number of ether oxygens (including phenoxy) is 2. The SMILES string of the molecule is CC(C)(C)OC(=O)N1C[C@H]2CC(Nc3ccc(Cl)nn3)C[C@H]2C1.[2H]C([2H])(C1CCOCC1)N1C[C@H]2CC(Nc3ccc(Cl)nn3)C[C@H]2C1. The number of carbonyl (C=O) groups is 1. The summed E-state index contributed by atoms with van der Waals surface area (Å²) in [4.78, 5) is 16.1. The second-order valence-electron chi connectivity index (χ2n) is 14.5. The van der Waals surface area contributed by atoms with Crippen molar-refractivity contribution in [3.63, 3.8) is 0 Å². The molecule has 11 nitrogen and oxygen atoms in total. The number of rotatable bonds is 6. The molecule has 2 unspecified atom stereocenters. The number of amides is 1. The van der Waals surface area contributed by atoms with Crippen molar-refractivity contribution in [2.24, 2.45) is 29.6 Å². The molecule has 2 aliphatic carbocycles. The third kappa shape index (κ3) is 9.11. The molecule has 0 bridgehead atoms. The van der Waals surface area contributed by atoms with E-state index in [1.54, 1.807) is 12.1 Å². The molecule has 46 heavy (non-hydrogen) atoms. The minimum atomic E-state index is -1.21. The van der Waals surface area contributed by atoms with Crippen LogP contribution in [0.4, 0.5) is 16.4 Å². The van der Waals surface area contributed by atoms with E-state index in [1.807, 2.05) is 37.8 Å². The summed E-state index contributed by atoms with van der Waals surface area (Å²) in [7, 11) is 0. The average molecular weight is 678 g/mol. The number of fused-ring (bicyclic) bond motifs is 2. The molecular formula is C33H48Cl2N8O3. The van der Waals surface area contributed by atoms with Crippen LogP contribution in [0.15, 0.2) is 24.3 Å². The van der Waals surface area contributed by atoms with E-state index in [1.165, 1.54) is 0 Å². The molecule has 5 heterocycles. The van der Waals surface area contributed by atoms with Crippen LogP contribution in [0.5, 0.6) is 0 Å². The maximum atomic E-state index is 12.2. The Hall–Kier alpha value is -2.47. The molecule has 6 atom stereocenters. The highest BCUT2D eigenvalue weighted by Crippen LogP contribution is 2.41. The van der Waals surface area contributed by atoms with Gasteiger partial charge >= 0.3 is 6.09 Å². The van der Waals surface area contributed by atoms with E-state index in [0.717, 1.165) is 76.3 Å². The highest BCUT2D eigenvalue weighted by Gasteiger charge is 2.44. The third-order valence-corrected chi connectivity index (χ3v) is 10.1. The van der Waals surface area contributed by atoms with Crippen molar-refractivity contribution in [3.8, 4) is 0 Å². The molecule has 5 fully saturated rings. The fraction of sp³-hybridized carbons (Fsp3) is 0.727.